The molecule has 3 N–H and O–H groups in total. The summed E-state index contributed by atoms with van der Waals surface area (Å²) in [6, 6.07) is 7.40. The van der Waals surface area contributed by atoms with Crippen molar-refractivity contribution >= 4 is 44.5 Å². The predicted molar refractivity (Wildman–Crippen MR) is 84.4 cm³/mol. The van der Waals surface area contributed by atoms with Crippen molar-refractivity contribution in [2.75, 3.05) is 5.32 Å². The zero-order valence-corrected chi connectivity index (χ0v) is 12.9. The minimum absolute atomic E-state index is 0.137. The zero-order valence-electron chi connectivity index (χ0n) is 10.5. The van der Waals surface area contributed by atoms with E-state index in [4.69, 9.17) is 18.0 Å². The fraction of sp³-hybridized carbons (Fsp3) is 0.0714. The van der Waals surface area contributed by atoms with Crippen LogP contribution in [0.1, 0.15) is 11.1 Å². The Labute approximate surface area is 129 Å². The monoisotopic (exact) mass is 356 g/mol. The van der Waals surface area contributed by atoms with Crippen LogP contribution < -0.4 is 11.1 Å². The molecule has 0 bridgehead atoms. The predicted octanol–water partition coefficient (Wildman–Crippen LogP) is 4.41. The summed E-state index contributed by atoms with van der Waals surface area (Å²) >= 11 is 8.12. The maximum Gasteiger partial charge on any atom is 0.150 e. The number of halogens is 3. The molecule has 0 atom stereocenters. The van der Waals surface area contributed by atoms with Gasteiger partial charge in [-0.2, -0.15) is 0 Å². The van der Waals surface area contributed by atoms with Crippen LogP contribution in [0, 0.1) is 18.6 Å². The summed E-state index contributed by atoms with van der Waals surface area (Å²) in [5.74, 6) is -1.35. The van der Waals surface area contributed by atoms with E-state index in [1.165, 1.54) is 6.07 Å². The molecule has 0 aromatic heterocycles. The lowest BCUT2D eigenvalue weighted by Crippen LogP contribution is -2.13. The Kier molecular flexibility index (Phi) is 4.35. The molecule has 0 aliphatic carbocycles. The molecule has 0 aliphatic heterocycles. The van der Waals surface area contributed by atoms with Crippen LogP contribution in [-0.2, 0) is 0 Å². The van der Waals surface area contributed by atoms with Crippen molar-refractivity contribution in [1.82, 2.24) is 0 Å². The average molecular weight is 357 g/mol. The Morgan fingerprint density at radius 2 is 1.95 bits per heavy atom. The Hall–Kier alpha value is -1.53. The van der Waals surface area contributed by atoms with Gasteiger partial charge in [0.2, 0.25) is 0 Å². The second-order valence-electron chi connectivity index (χ2n) is 4.23. The van der Waals surface area contributed by atoms with Gasteiger partial charge in [-0.25, -0.2) is 8.78 Å². The molecule has 0 radical (unpaired) electrons. The van der Waals surface area contributed by atoms with E-state index in [1.807, 2.05) is 19.1 Å². The fourth-order valence-electron chi connectivity index (χ4n) is 1.83. The van der Waals surface area contributed by atoms with Crippen LogP contribution in [0.2, 0.25) is 0 Å². The molecule has 0 saturated heterocycles. The van der Waals surface area contributed by atoms with Gasteiger partial charge >= 0.3 is 0 Å². The fourth-order valence-corrected chi connectivity index (χ4v) is 2.50. The van der Waals surface area contributed by atoms with Crippen LogP contribution in [0.15, 0.2) is 34.8 Å². The van der Waals surface area contributed by atoms with Gasteiger partial charge in [0.25, 0.3) is 0 Å². The zero-order chi connectivity index (χ0) is 14.9. The molecule has 104 valence electrons. The van der Waals surface area contributed by atoms with Crippen LogP contribution in [-0.4, -0.2) is 4.99 Å². The summed E-state index contributed by atoms with van der Waals surface area (Å²) in [5.41, 5.74) is 7.86. The van der Waals surface area contributed by atoms with E-state index in [-0.39, 0.29) is 15.1 Å². The first-order chi connectivity index (χ1) is 9.40. The molecule has 0 fully saturated rings. The second-order valence-corrected chi connectivity index (χ2v) is 5.53. The van der Waals surface area contributed by atoms with Gasteiger partial charge in [-0.3, -0.25) is 0 Å². The van der Waals surface area contributed by atoms with E-state index in [2.05, 4.69) is 21.2 Å². The summed E-state index contributed by atoms with van der Waals surface area (Å²) in [6.07, 6.45) is 0. The number of para-hydroxylation sites is 1. The number of nitrogens with two attached hydrogens (primary N) is 1. The third-order valence-corrected chi connectivity index (χ3v) is 3.64. The van der Waals surface area contributed by atoms with Crippen molar-refractivity contribution in [2.45, 2.75) is 6.92 Å². The van der Waals surface area contributed by atoms with E-state index in [9.17, 15) is 8.78 Å². The Morgan fingerprint density at radius 3 is 2.55 bits per heavy atom. The van der Waals surface area contributed by atoms with Gasteiger partial charge in [-0.1, -0.05) is 24.4 Å². The number of benzene rings is 2. The number of anilines is 2. The minimum Gasteiger partial charge on any atom is -0.389 e. The number of rotatable bonds is 3. The number of nitrogens with one attached hydrogen (secondary N) is 1. The molecule has 0 unspecified atom stereocenters. The van der Waals surface area contributed by atoms with Gasteiger partial charge in [-0.15, -0.1) is 0 Å². The molecule has 6 heteroatoms. The molecule has 20 heavy (non-hydrogen) atoms. The van der Waals surface area contributed by atoms with Gasteiger partial charge in [0.1, 0.15) is 10.8 Å². The number of aryl methyl sites for hydroxylation is 1. The highest BCUT2D eigenvalue weighted by Crippen LogP contribution is 2.32. The van der Waals surface area contributed by atoms with Crippen molar-refractivity contribution in [3.63, 3.8) is 0 Å². The molecule has 0 aliphatic rings. The molecular weight excluding hydrogens is 346 g/mol. The number of hydrogen-bond donors (Lipinski definition) is 2. The quantitative estimate of drug-likeness (QED) is 0.799. The van der Waals surface area contributed by atoms with E-state index in [0.717, 1.165) is 11.6 Å². The molecule has 2 nitrogen and oxygen atoms in total. The third-order valence-electron chi connectivity index (χ3n) is 2.80. The molecule has 2 aromatic carbocycles. The van der Waals surface area contributed by atoms with Gasteiger partial charge in [0.05, 0.1) is 11.4 Å². The van der Waals surface area contributed by atoms with Crippen LogP contribution in [0.25, 0.3) is 0 Å². The highest BCUT2D eigenvalue weighted by molar-refractivity contribution is 9.10. The van der Waals surface area contributed by atoms with Gasteiger partial charge in [-0.05, 0) is 40.5 Å². The molecule has 2 aromatic rings. The number of hydrogen-bond acceptors (Lipinski definition) is 2. The van der Waals surface area contributed by atoms with E-state index < -0.39 is 11.6 Å². The van der Waals surface area contributed by atoms with E-state index in [0.29, 0.717) is 11.3 Å². The first-order valence-corrected chi connectivity index (χ1v) is 6.91. The van der Waals surface area contributed by atoms with Crippen LogP contribution >= 0.6 is 28.1 Å². The summed E-state index contributed by atoms with van der Waals surface area (Å²) in [4.78, 5) is 0.204. The highest BCUT2D eigenvalue weighted by Gasteiger charge is 2.14. The van der Waals surface area contributed by atoms with Crippen molar-refractivity contribution in [1.29, 1.82) is 0 Å². The lowest BCUT2D eigenvalue weighted by molar-refractivity contribution is 0.584. The van der Waals surface area contributed by atoms with Crippen molar-refractivity contribution in [3.8, 4) is 0 Å². The lowest BCUT2D eigenvalue weighted by Gasteiger charge is -2.16. The first-order valence-electron chi connectivity index (χ1n) is 5.71. The second kappa shape index (κ2) is 5.85. The van der Waals surface area contributed by atoms with Crippen LogP contribution in [0.3, 0.4) is 0 Å². The molecule has 0 saturated carbocycles. The topological polar surface area (TPSA) is 38.0 Å². The van der Waals surface area contributed by atoms with Crippen molar-refractivity contribution < 1.29 is 8.78 Å². The van der Waals surface area contributed by atoms with E-state index in [1.54, 1.807) is 6.07 Å². The Balaban J connectivity index is 2.53. The SMILES string of the molecule is Cc1cccc(C(N)=S)c1Nc1c(F)cc(F)cc1Br. The lowest BCUT2D eigenvalue weighted by atomic mass is 10.1. The van der Waals surface area contributed by atoms with Crippen molar-refractivity contribution in [2.24, 2.45) is 5.73 Å². The summed E-state index contributed by atoms with van der Waals surface area (Å²) < 4.78 is 27.2. The standard InChI is InChI=1S/C14H11BrF2N2S/c1-7-3-2-4-9(14(18)20)12(7)19-13-10(15)5-8(16)6-11(13)17/h2-6,19H,1H3,(H2,18,20). The first kappa shape index (κ1) is 14.9. The number of thiocarbonyl (C=S) groups is 1. The van der Waals surface area contributed by atoms with Crippen LogP contribution in [0.4, 0.5) is 20.2 Å². The van der Waals surface area contributed by atoms with Gasteiger partial charge < -0.3 is 11.1 Å². The minimum atomic E-state index is -0.700. The van der Waals surface area contributed by atoms with Gasteiger partial charge in [0, 0.05) is 16.1 Å². The Bertz CT molecular complexity index is 666. The molecule has 2 rings (SSSR count). The normalized spacial score (nSPS) is 10.4. The average Bonchev–Trinajstić information content (AvgIpc) is 2.34. The summed E-state index contributed by atoms with van der Waals surface area (Å²) in [6.45, 7) is 1.85. The third kappa shape index (κ3) is 2.96. The van der Waals surface area contributed by atoms with Crippen molar-refractivity contribution in [3.05, 3.63) is 57.6 Å². The molecule has 0 spiro atoms. The smallest absolute Gasteiger partial charge is 0.150 e. The summed E-state index contributed by atoms with van der Waals surface area (Å²) in [7, 11) is 0. The van der Waals surface area contributed by atoms with Crippen LogP contribution in [0.5, 0.6) is 0 Å². The Morgan fingerprint density at radius 1 is 1.25 bits per heavy atom. The summed E-state index contributed by atoms with van der Waals surface area (Å²) in [5, 5.41) is 2.93. The van der Waals surface area contributed by atoms with E-state index >= 15 is 0 Å². The molecule has 0 heterocycles. The highest BCUT2D eigenvalue weighted by atomic mass is 79.9. The maximum absolute atomic E-state index is 13.9. The maximum atomic E-state index is 13.9. The van der Waals surface area contributed by atoms with Gasteiger partial charge in [0.15, 0.2) is 5.82 Å². The molecular formula is C14H11BrF2N2S. The molecule has 0 amide bonds. The largest absolute Gasteiger partial charge is 0.389 e.